The van der Waals surface area contributed by atoms with Gasteiger partial charge in [-0.3, -0.25) is 0 Å². The molecule has 0 aliphatic heterocycles. The Morgan fingerprint density at radius 1 is 0.308 bits per heavy atom. The van der Waals surface area contributed by atoms with Crippen molar-refractivity contribution in [1.29, 1.82) is 4.96 Å². The van der Waals surface area contributed by atoms with Crippen LogP contribution < -0.4 is 123 Å². The second kappa shape index (κ2) is 1660. The van der Waals surface area contributed by atoms with Gasteiger partial charge in [0.05, 0.1) is 0 Å². The van der Waals surface area contributed by atoms with Crippen LogP contribution in [0.5, 0.6) is 0 Å². The van der Waals surface area contributed by atoms with E-state index >= 15 is 0 Å². The average Bonchev–Trinajstić information content (AvgIpc) is 0.918. The normalized spacial score (nSPS) is 0.231. The van der Waals surface area contributed by atoms with Crippen molar-refractivity contribution in [3.8, 4) is 0 Å². The van der Waals surface area contributed by atoms with Gasteiger partial charge in [0.25, 0.3) is 0 Å². The van der Waals surface area contributed by atoms with E-state index in [0.717, 1.165) is 0 Å². The summed E-state index contributed by atoms with van der Waals surface area (Å²) in [5, 5.41) is 0. The minimum Gasteiger partial charge on any atom is 4.00 e. The molecule has 0 aromatic rings. The standard InChI is InChI=1S/2ClH.16H3N.3H2N.2N.3U/h2*1H;16*1H3;3*1H2;;;;;/q;;;;;;;;;;;;;;;;;;3*-1;;;;2*+4/p-2. The first kappa shape index (κ1) is 1100. The van der Waals surface area contributed by atoms with Crippen molar-refractivity contribution in [2.24, 2.45) is 0 Å². The number of rotatable bonds is 0. The van der Waals surface area contributed by atoms with E-state index in [4.69, 9.17) is 4.96 Å². The van der Waals surface area contributed by atoms with E-state index in [0.29, 0.717) is 0 Å². The Balaban J connectivity index is -0.0000000000791. The van der Waals surface area contributed by atoms with Gasteiger partial charge < -0.3 is 142 Å². The van der Waals surface area contributed by atoms with Gasteiger partial charge in [0.2, 0.25) is 0 Å². The molecular weight excluding hydrogens is 1080 g/mol. The van der Waals surface area contributed by atoms with Crippen LogP contribution in [0, 0.1) is 94.2 Å². The summed E-state index contributed by atoms with van der Waals surface area (Å²) in [4.78, 5) is 0. The Morgan fingerprint density at radius 2 is 0.308 bits per heavy atom. The van der Waals surface area contributed by atoms with Gasteiger partial charge in [0.1, 0.15) is 0 Å². The third-order valence-corrected chi connectivity index (χ3v) is 0. The average molecular weight is 1130 g/mol. The van der Waals surface area contributed by atoms with E-state index in [2.05, 4.69) is 0 Å². The second-order valence-electron chi connectivity index (χ2n) is 0.100. The molecule has 26 heavy (non-hydrogen) atoms. The van der Waals surface area contributed by atoms with Gasteiger partial charge in [0, 0.05) is 0 Å². The Morgan fingerprint density at radius 3 is 0.308 bits per heavy atom. The number of hydrogen-bond donors (Lipinski definition) is 16. The molecule has 0 atom stereocenters. The first-order valence-electron chi connectivity index (χ1n) is 0.447. The number of hydrogen-bond acceptors (Lipinski definition) is 18. The molecule has 0 amide bonds. The number of nitrogens with zero attached hydrogens (tertiary/aromatic N) is 2. The first-order valence-corrected chi connectivity index (χ1v) is 4.17. The molecule has 0 spiro atoms. The molecule has 0 unspecified atom stereocenters. The molecule has 26 heteroatoms. The molecule has 0 saturated heterocycles. The van der Waals surface area contributed by atoms with Gasteiger partial charge in [-0.15, -0.1) is 0 Å². The summed E-state index contributed by atoms with van der Waals surface area (Å²) in [6.07, 6.45) is 0. The van der Waals surface area contributed by atoms with E-state index in [1.54, 1.807) is 0 Å². The third kappa shape index (κ3) is 2970. The molecule has 182 valence electrons. The fourth-order valence-electron chi connectivity index (χ4n) is 0. The topological polar surface area (TPSA) is 708 Å². The summed E-state index contributed by atoms with van der Waals surface area (Å²) < 4.78 is 14.7. The van der Waals surface area contributed by atoms with Gasteiger partial charge in [-0.2, -0.15) is 0 Å². The third-order valence-electron chi connectivity index (χ3n) is 0. The molecule has 0 fully saturated rings. The van der Waals surface area contributed by atoms with Crippen LogP contribution in [-0.2, 0) is 0 Å². The van der Waals surface area contributed by atoms with E-state index in [-0.39, 0.29) is 204 Å². The van der Waals surface area contributed by atoms with Crippen LogP contribution in [0.15, 0.2) is 0 Å². The van der Waals surface area contributed by atoms with Crippen LogP contribution in [0.25, 0.3) is 18.5 Å². The molecule has 0 rings (SSSR count). The Hall–Kier alpha value is 2.40. The van der Waals surface area contributed by atoms with Crippen molar-refractivity contribution >= 4 is 0 Å². The predicted molar refractivity (Wildman–Crippen MR) is 99.7 cm³/mol. The molecule has 0 aliphatic carbocycles. The monoisotopic (exact) mass is 1130 g/mol. The zero-order chi connectivity index (χ0) is 2.71. The smallest absolute Gasteiger partial charge is 4.00 e. The minimum atomic E-state index is -2.01. The van der Waals surface area contributed by atoms with Crippen LogP contribution in [0.4, 0.5) is 0 Å². The molecule has 21 nitrogen and oxygen atoms in total. The quantitative estimate of drug-likeness (QED) is 0.135. The fourth-order valence-corrected chi connectivity index (χ4v) is 0. The molecular formula is H54Cl2N21U3+3. The van der Waals surface area contributed by atoms with Crippen molar-refractivity contribution < 1.29 is 114 Å². The zero-order valence-corrected chi connectivity index (χ0v) is 30.2. The zero-order valence-electron chi connectivity index (χ0n) is 16.2. The molecule has 54 N–H and O–H groups in total. The molecule has 0 radical (unpaired) electrons. The van der Waals surface area contributed by atoms with Crippen molar-refractivity contribution in [2.45, 2.75) is 0 Å². The van der Waals surface area contributed by atoms with E-state index in [1.807, 2.05) is 0 Å². The van der Waals surface area contributed by atoms with Crippen molar-refractivity contribution in [3.05, 3.63) is 18.5 Å². The summed E-state index contributed by atoms with van der Waals surface area (Å²) in [7, 11) is 0. The maximum absolute atomic E-state index is 7.33. The van der Waals surface area contributed by atoms with E-state index in [9.17, 15) is 0 Å². The van der Waals surface area contributed by atoms with Crippen LogP contribution in [0.2, 0.25) is 0 Å². The van der Waals surface area contributed by atoms with Crippen molar-refractivity contribution in [3.63, 3.8) is 0 Å². The first-order chi connectivity index (χ1) is 1.41. The molecule has 0 saturated carbocycles. The number of halogens is 2. The van der Waals surface area contributed by atoms with Crippen molar-refractivity contribution in [2.75, 3.05) is 0 Å². The Bertz CT molecular complexity index is 96.4. The maximum atomic E-state index is 7.33. The molecule has 0 bridgehead atoms. The summed E-state index contributed by atoms with van der Waals surface area (Å²) in [5.41, 5.74) is 0. The predicted octanol–water partition coefficient (Wildman–Crippen LogP) is -1.22. The summed E-state index contributed by atoms with van der Waals surface area (Å²) >= 11 is -2.01. The molecule has 0 aromatic carbocycles. The Labute approximate surface area is 233 Å². The van der Waals surface area contributed by atoms with Crippen LogP contribution in [0.1, 0.15) is 0 Å². The Kier molecular flexibility index (Phi) is 70200. The van der Waals surface area contributed by atoms with Crippen molar-refractivity contribution in [1.82, 2.24) is 98.4 Å². The maximum Gasteiger partial charge on any atom is 4.00 e. The summed E-state index contributed by atoms with van der Waals surface area (Å²) in [6.45, 7) is 0. The van der Waals surface area contributed by atoms with Crippen LogP contribution in [0.3, 0.4) is 0 Å². The number of nitrogens with two attached hydrogens (primary N) is 3. The van der Waals surface area contributed by atoms with Gasteiger partial charge in [-0.1, -0.05) is 0 Å². The van der Waals surface area contributed by atoms with Gasteiger partial charge in [-0.25, -0.2) is 0 Å². The molecule has 0 aromatic heterocycles. The summed E-state index contributed by atoms with van der Waals surface area (Å²) in [5.74, 6) is 0. The van der Waals surface area contributed by atoms with E-state index in [1.165, 1.54) is 0 Å². The minimum absolute atomic E-state index is 0. The van der Waals surface area contributed by atoms with Crippen LogP contribution >= 0.6 is 0 Å². The van der Waals surface area contributed by atoms with Gasteiger partial charge >= 0.3 is 94.2 Å². The fraction of sp³-hybridized carbons (Fsp3) is 0. The molecule has 0 aliphatic rings. The largest absolute Gasteiger partial charge is 4.00 e. The molecule has 0 heterocycles. The summed E-state index contributed by atoms with van der Waals surface area (Å²) in [6, 6.07) is 0. The van der Waals surface area contributed by atoms with E-state index < -0.39 is 27.1 Å². The van der Waals surface area contributed by atoms with Gasteiger partial charge in [-0.05, 0) is 0 Å². The van der Waals surface area contributed by atoms with Crippen LogP contribution in [-0.4, -0.2) is 0 Å². The SMILES string of the molecule is N.N.N.N.N.N.N.N.N.N.N.N.N.N.N.N.[Cl-].[Cl-].[NH2-].[NH2-].[NH2-].[N]#[U]#[N].[U+4].[U+4]. The van der Waals surface area contributed by atoms with Gasteiger partial charge in [0.15, 0.2) is 0 Å². The second-order valence-corrected chi connectivity index (χ2v) is 0.933.